The average Bonchev–Trinajstić information content (AvgIpc) is 3.27. The molecule has 1 saturated heterocycles. The van der Waals surface area contributed by atoms with E-state index in [-0.39, 0.29) is 23.7 Å². The second kappa shape index (κ2) is 8.88. The summed E-state index contributed by atoms with van der Waals surface area (Å²) in [5.74, 6) is -0.201. The normalized spacial score (nSPS) is 15.2. The maximum atomic E-state index is 13.5. The smallest absolute Gasteiger partial charge is 0.228 e. The highest BCUT2D eigenvalue weighted by Gasteiger charge is 2.25. The monoisotopic (exact) mass is 442 g/mol. The van der Waals surface area contributed by atoms with Gasteiger partial charge in [-0.2, -0.15) is 5.10 Å². The van der Waals surface area contributed by atoms with Crippen molar-refractivity contribution in [1.29, 1.82) is 0 Å². The summed E-state index contributed by atoms with van der Waals surface area (Å²) in [5.41, 5.74) is 3.15. The molecule has 0 spiro atoms. The lowest BCUT2D eigenvalue weighted by Gasteiger charge is -2.23. The van der Waals surface area contributed by atoms with E-state index in [1.165, 1.54) is 23.5 Å². The molecule has 6 nitrogen and oxygen atoms in total. The molecule has 1 aliphatic heterocycles. The first-order valence-electron chi connectivity index (χ1n) is 10.5. The fourth-order valence-corrected chi connectivity index (χ4v) is 4.50. The summed E-state index contributed by atoms with van der Waals surface area (Å²) in [4.78, 5) is 19.3. The third-order valence-corrected chi connectivity index (χ3v) is 6.14. The lowest BCUT2D eigenvalue weighted by Crippen LogP contribution is -2.34. The van der Waals surface area contributed by atoms with Crippen LogP contribution in [0.15, 0.2) is 35.8 Å². The summed E-state index contributed by atoms with van der Waals surface area (Å²) < 4.78 is 20.9. The van der Waals surface area contributed by atoms with Crippen molar-refractivity contribution in [2.45, 2.75) is 39.2 Å². The van der Waals surface area contributed by atoms with Gasteiger partial charge in [-0.1, -0.05) is 0 Å². The number of carbonyl (C=O) groups excluding carboxylic acids is 1. The van der Waals surface area contributed by atoms with Crippen molar-refractivity contribution in [1.82, 2.24) is 19.7 Å². The Morgan fingerprint density at radius 1 is 1.19 bits per heavy atom. The average molecular weight is 443 g/mol. The number of thiazole rings is 1. The van der Waals surface area contributed by atoms with E-state index in [0.717, 1.165) is 40.5 Å². The Hall–Kier alpha value is -2.58. The van der Waals surface area contributed by atoms with Crippen LogP contribution in [0, 0.1) is 5.82 Å². The lowest BCUT2D eigenvalue weighted by molar-refractivity contribution is -0.130. The molecule has 0 unspecified atom stereocenters. The van der Waals surface area contributed by atoms with Crippen molar-refractivity contribution in [2.75, 3.05) is 26.3 Å². The van der Waals surface area contributed by atoms with Crippen molar-refractivity contribution in [3.63, 3.8) is 0 Å². The number of aromatic nitrogens is 3. The number of hydrogen-bond acceptors (Lipinski definition) is 5. The van der Waals surface area contributed by atoms with Crippen LogP contribution >= 0.6 is 11.3 Å². The zero-order valence-electron chi connectivity index (χ0n) is 18.1. The molecule has 1 aromatic carbocycles. The molecule has 0 aliphatic carbocycles. The molecule has 1 fully saturated rings. The second-order valence-electron chi connectivity index (χ2n) is 8.66. The minimum atomic E-state index is -0.277. The van der Waals surface area contributed by atoms with Gasteiger partial charge in [0.05, 0.1) is 41.7 Å². The topological polar surface area (TPSA) is 60.2 Å². The Balaban J connectivity index is 1.63. The molecule has 2 aromatic heterocycles. The highest BCUT2D eigenvalue weighted by Crippen LogP contribution is 2.36. The Kier molecular flexibility index (Phi) is 6.20. The summed E-state index contributed by atoms with van der Waals surface area (Å²) in [6.45, 7) is 8.87. The van der Waals surface area contributed by atoms with E-state index in [1.807, 2.05) is 15.0 Å². The van der Waals surface area contributed by atoms with Crippen molar-refractivity contribution in [2.24, 2.45) is 0 Å². The minimum Gasteiger partial charge on any atom is -0.380 e. The van der Waals surface area contributed by atoms with Crippen LogP contribution in [0.5, 0.6) is 0 Å². The molecule has 0 radical (unpaired) electrons. The Bertz CT molecular complexity index is 1040. The van der Waals surface area contributed by atoms with Gasteiger partial charge in [-0.3, -0.25) is 9.48 Å². The van der Waals surface area contributed by atoms with Crippen LogP contribution in [-0.2, 0) is 21.5 Å². The van der Waals surface area contributed by atoms with Gasteiger partial charge in [0.25, 0.3) is 0 Å². The molecule has 4 rings (SSSR count). The molecule has 8 heteroatoms. The number of carbonyl (C=O) groups is 1. The first-order chi connectivity index (χ1) is 14.8. The van der Waals surface area contributed by atoms with Gasteiger partial charge in [0.1, 0.15) is 10.8 Å². The molecule has 1 aliphatic rings. The number of amides is 1. The summed E-state index contributed by atoms with van der Waals surface area (Å²) >= 11 is 1.50. The van der Waals surface area contributed by atoms with Gasteiger partial charge >= 0.3 is 0 Å². The quantitative estimate of drug-likeness (QED) is 0.602. The number of rotatable bonds is 4. The van der Waals surface area contributed by atoms with Crippen LogP contribution in [0.25, 0.3) is 21.8 Å². The maximum Gasteiger partial charge on any atom is 0.228 e. The van der Waals surface area contributed by atoms with Crippen molar-refractivity contribution < 1.29 is 13.9 Å². The van der Waals surface area contributed by atoms with Gasteiger partial charge in [0, 0.05) is 30.6 Å². The van der Waals surface area contributed by atoms with Crippen LogP contribution in [0.3, 0.4) is 0 Å². The Morgan fingerprint density at radius 2 is 1.97 bits per heavy atom. The molecule has 0 atom stereocenters. The maximum absolute atomic E-state index is 13.5. The highest BCUT2D eigenvalue weighted by molar-refractivity contribution is 7.13. The van der Waals surface area contributed by atoms with E-state index < -0.39 is 0 Å². The summed E-state index contributed by atoms with van der Waals surface area (Å²) in [6.07, 6.45) is 2.94. The van der Waals surface area contributed by atoms with Gasteiger partial charge in [-0.15, -0.1) is 11.3 Å². The summed E-state index contributed by atoms with van der Waals surface area (Å²) in [6, 6.07) is 6.43. The predicted octanol–water partition coefficient (Wildman–Crippen LogP) is 4.36. The minimum absolute atomic E-state index is 0.0755. The molecular formula is C23H27FN4O2S. The molecule has 0 N–H and O–H groups in total. The van der Waals surface area contributed by atoms with Crippen LogP contribution in [0.2, 0.25) is 0 Å². The van der Waals surface area contributed by atoms with E-state index >= 15 is 0 Å². The molecule has 3 aromatic rings. The molecule has 164 valence electrons. The van der Waals surface area contributed by atoms with Crippen LogP contribution in [0.1, 0.15) is 32.9 Å². The zero-order valence-corrected chi connectivity index (χ0v) is 18.9. The molecular weight excluding hydrogens is 415 g/mol. The van der Waals surface area contributed by atoms with Crippen LogP contribution < -0.4 is 0 Å². The standard InChI is InChI=1S/C23H27FN4O2S/c1-23(2,3)28-21(16-5-7-17(24)8-6-16)19(14-25-28)22-26-18(15-31-22)13-20(29)27-9-4-11-30-12-10-27/h5-8,14-15H,4,9-13H2,1-3H3. The Labute approximate surface area is 185 Å². The SMILES string of the molecule is CC(C)(C)n1ncc(-c2nc(CC(=O)N3CCCOCC3)cs2)c1-c1ccc(F)cc1. The molecule has 1 amide bonds. The van der Waals surface area contributed by atoms with Crippen molar-refractivity contribution in [3.05, 3.63) is 47.4 Å². The van der Waals surface area contributed by atoms with E-state index in [4.69, 9.17) is 9.72 Å². The first-order valence-corrected chi connectivity index (χ1v) is 11.4. The third kappa shape index (κ3) is 4.85. The predicted molar refractivity (Wildman–Crippen MR) is 119 cm³/mol. The van der Waals surface area contributed by atoms with Crippen LogP contribution in [0.4, 0.5) is 4.39 Å². The lowest BCUT2D eigenvalue weighted by atomic mass is 10.0. The van der Waals surface area contributed by atoms with E-state index in [2.05, 4.69) is 25.9 Å². The van der Waals surface area contributed by atoms with Gasteiger partial charge < -0.3 is 9.64 Å². The van der Waals surface area contributed by atoms with E-state index in [1.54, 1.807) is 18.3 Å². The summed E-state index contributed by atoms with van der Waals surface area (Å²) in [5, 5.41) is 7.35. The first kappa shape index (κ1) is 21.6. The largest absolute Gasteiger partial charge is 0.380 e. The van der Waals surface area contributed by atoms with E-state index in [0.29, 0.717) is 19.8 Å². The number of benzene rings is 1. The zero-order chi connectivity index (χ0) is 22.0. The molecule has 0 saturated carbocycles. The van der Waals surface area contributed by atoms with Gasteiger partial charge in [-0.05, 0) is 51.5 Å². The van der Waals surface area contributed by atoms with Gasteiger partial charge in [0.15, 0.2) is 0 Å². The number of nitrogens with zero attached hydrogens (tertiary/aromatic N) is 4. The second-order valence-corrected chi connectivity index (χ2v) is 9.52. The molecule has 0 bridgehead atoms. The molecule has 3 heterocycles. The highest BCUT2D eigenvalue weighted by atomic mass is 32.1. The molecule has 31 heavy (non-hydrogen) atoms. The fourth-order valence-electron chi connectivity index (χ4n) is 3.67. The van der Waals surface area contributed by atoms with Gasteiger partial charge in [-0.25, -0.2) is 9.37 Å². The third-order valence-electron chi connectivity index (χ3n) is 5.21. The van der Waals surface area contributed by atoms with E-state index in [9.17, 15) is 9.18 Å². The van der Waals surface area contributed by atoms with Crippen molar-refractivity contribution >= 4 is 17.2 Å². The van der Waals surface area contributed by atoms with Crippen LogP contribution in [-0.4, -0.2) is 51.9 Å². The summed E-state index contributed by atoms with van der Waals surface area (Å²) in [7, 11) is 0. The van der Waals surface area contributed by atoms with Gasteiger partial charge in [0.2, 0.25) is 5.91 Å². The number of hydrogen-bond donors (Lipinski definition) is 0. The fraction of sp³-hybridized carbons (Fsp3) is 0.435. The number of ether oxygens (including phenoxy) is 1. The number of halogens is 1. The van der Waals surface area contributed by atoms with Crippen molar-refractivity contribution in [3.8, 4) is 21.8 Å². The Morgan fingerprint density at radius 3 is 2.71 bits per heavy atom.